The second-order valence-electron chi connectivity index (χ2n) is 3.93. The number of aliphatic hydroxyl groups excluding tert-OH is 1. The van der Waals surface area contributed by atoms with E-state index >= 15 is 0 Å². The van der Waals surface area contributed by atoms with Crippen LogP contribution in [0, 0.1) is 0 Å². The number of benzene rings is 1. The molecular formula is C12H14ClN3O2. The van der Waals surface area contributed by atoms with Gasteiger partial charge in [0.1, 0.15) is 24.5 Å². The molecule has 18 heavy (non-hydrogen) atoms. The summed E-state index contributed by atoms with van der Waals surface area (Å²) >= 11 is 5.83. The monoisotopic (exact) mass is 267 g/mol. The fraction of sp³-hybridized carbons (Fsp3) is 0.333. The number of aliphatic hydroxyl groups is 1. The molecule has 5 nitrogen and oxygen atoms in total. The zero-order valence-electron chi connectivity index (χ0n) is 9.95. The minimum absolute atomic E-state index is 0.188. The van der Waals surface area contributed by atoms with Gasteiger partial charge in [0.15, 0.2) is 0 Å². The summed E-state index contributed by atoms with van der Waals surface area (Å²) in [6, 6.07) is 7.06. The normalized spacial score (nSPS) is 12.4. The molecule has 1 aromatic carbocycles. The van der Waals surface area contributed by atoms with E-state index in [4.69, 9.17) is 16.3 Å². The lowest BCUT2D eigenvalue weighted by Crippen LogP contribution is -2.22. The van der Waals surface area contributed by atoms with Crippen LogP contribution in [0.5, 0.6) is 5.75 Å². The molecule has 0 aliphatic carbocycles. The number of aromatic nitrogens is 3. The molecule has 1 unspecified atom stereocenters. The highest BCUT2D eigenvalue weighted by Crippen LogP contribution is 2.17. The smallest absolute Gasteiger partial charge is 0.138 e. The van der Waals surface area contributed by atoms with Crippen LogP contribution in [0.1, 0.15) is 5.82 Å². The Morgan fingerprint density at radius 2 is 2.33 bits per heavy atom. The van der Waals surface area contributed by atoms with E-state index in [-0.39, 0.29) is 6.61 Å². The lowest BCUT2D eigenvalue weighted by Gasteiger charge is -2.11. The maximum absolute atomic E-state index is 9.84. The van der Waals surface area contributed by atoms with Crippen molar-refractivity contribution >= 4 is 11.6 Å². The number of rotatable bonds is 5. The SMILES string of the molecule is Cn1ncnc1CC(O)COc1cccc(Cl)c1. The standard InChI is InChI=1S/C12H14ClN3O2/c1-16-12(14-8-15-16)6-10(17)7-18-11-4-2-3-9(13)5-11/h2-5,8,10,17H,6-7H2,1H3. The van der Waals surface area contributed by atoms with E-state index in [0.29, 0.717) is 17.2 Å². The van der Waals surface area contributed by atoms with Crippen LogP contribution in [-0.2, 0) is 13.5 Å². The van der Waals surface area contributed by atoms with Gasteiger partial charge in [-0.3, -0.25) is 4.68 Å². The summed E-state index contributed by atoms with van der Waals surface area (Å²) in [5.74, 6) is 1.36. The third kappa shape index (κ3) is 3.45. The van der Waals surface area contributed by atoms with Crippen molar-refractivity contribution < 1.29 is 9.84 Å². The first-order valence-corrected chi connectivity index (χ1v) is 5.92. The zero-order chi connectivity index (χ0) is 13.0. The van der Waals surface area contributed by atoms with Crippen LogP contribution in [0.25, 0.3) is 0 Å². The predicted octanol–water partition coefficient (Wildman–Crippen LogP) is 1.45. The van der Waals surface area contributed by atoms with Crippen molar-refractivity contribution in [1.29, 1.82) is 0 Å². The number of aryl methyl sites for hydroxylation is 1. The number of halogens is 1. The van der Waals surface area contributed by atoms with Crippen LogP contribution in [0.2, 0.25) is 5.02 Å². The van der Waals surface area contributed by atoms with Gasteiger partial charge in [0.05, 0.1) is 6.10 Å². The molecule has 1 atom stereocenters. The zero-order valence-corrected chi connectivity index (χ0v) is 10.7. The quantitative estimate of drug-likeness (QED) is 0.891. The maximum atomic E-state index is 9.84. The molecule has 0 fully saturated rings. The van der Waals surface area contributed by atoms with E-state index < -0.39 is 6.10 Å². The van der Waals surface area contributed by atoms with Gasteiger partial charge in [-0.05, 0) is 18.2 Å². The Kier molecular flexibility index (Phi) is 4.17. The molecule has 0 spiro atoms. The highest BCUT2D eigenvalue weighted by Gasteiger charge is 2.10. The van der Waals surface area contributed by atoms with E-state index in [1.807, 2.05) is 0 Å². The molecule has 0 aliphatic heterocycles. The van der Waals surface area contributed by atoms with Crippen molar-refractivity contribution in [3.05, 3.63) is 41.4 Å². The Bertz CT molecular complexity index is 516. The summed E-state index contributed by atoms with van der Waals surface area (Å²) in [6.45, 7) is 0.188. The van der Waals surface area contributed by atoms with Crippen LogP contribution < -0.4 is 4.74 Å². The van der Waals surface area contributed by atoms with E-state index in [1.54, 1.807) is 36.0 Å². The average Bonchev–Trinajstić information content (AvgIpc) is 2.73. The largest absolute Gasteiger partial charge is 0.491 e. The molecule has 0 aliphatic rings. The first-order chi connectivity index (χ1) is 8.65. The number of hydrogen-bond donors (Lipinski definition) is 1. The molecule has 1 heterocycles. The van der Waals surface area contributed by atoms with Crippen LogP contribution in [0.3, 0.4) is 0 Å². The van der Waals surface area contributed by atoms with Crippen LogP contribution in [0.15, 0.2) is 30.6 Å². The van der Waals surface area contributed by atoms with Gasteiger partial charge in [0.25, 0.3) is 0 Å². The summed E-state index contributed by atoms with van der Waals surface area (Å²) in [4.78, 5) is 4.04. The van der Waals surface area contributed by atoms with E-state index in [1.165, 1.54) is 6.33 Å². The van der Waals surface area contributed by atoms with Crippen molar-refractivity contribution in [3.63, 3.8) is 0 Å². The van der Waals surface area contributed by atoms with E-state index in [2.05, 4.69) is 10.1 Å². The summed E-state index contributed by atoms with van der Waals surface area (Å²) in [7, 11) is 1.78. The summed E-state index contributed by atoms with van der Waals surface area (Å²) < 4.78 is 7.07. The van der Waals surface area contributed by atoms with Gasteiger partial charge in [-0.15, -0.1) is 0 Å². The molecule has 0 amide bonds. The molecule has 0 bridgehead atoms. The van der Waals surface area contributed by atoms with Gasteiger partial charge in [-0.2, -0.15) is 5.10 Å². The van der Waals surface area contributed by atoms with Gasteiger partial charge in [0.2, 0.25) is 0 Å². The summed E-state index contributed by atoms with van der Waals surface area (Å²) in [6.07, 6.45) is 1.23. The topological polar surface area (TPSA) is 60.2 Å². The second kappa shape index (κ2) is 5.84. The Labute approximate surface area is 110 Å². The predicted molar refractivity (Wildman–Crippen MR) is 67.7 cm³/mol. The summed E-state index contributed by atoms with van der Waals surface area (Å²) in [5, 5.41) is 14.4. The number of ether oxygens (including phenoxy) is 1. The highest BCUT2D eigenvalue weighted by molar-refractivity contribution is 6.30. The first-order valence-electron chi connectivity index (χ1n) is 5.54. The highest BCUT2D eigenvalue weighted by atomic mass is 35.5. The van der Waals surface area contributed by atoms with Crippen LogP contribution in [0.4, 0.5) is 0 Å². The Balaban J connectivity index is 1.85. The molecular weight excluding hydrogens is 254 g/mol. The van der Waals surface area contributed by atoms with Crippen molar-refractivity contribution in [2.45, 2.75) is 12.5 Å². The third-order valence-corrected chi connectivity index (χ3v) is 2.70. The van der Waals surface area contributed by atoms with Gasteiger partial charge in [-0.1, -0.05) is 17.7 Å². The lowest BCUT2D eigenvalue weighted by molar-refractivity contribution is 0.105. The molecule has 0 saturated heterocycles. The van der Waals surface area contributed by atoms with Gasteiger partial charge >= 0.3 is 0 Å². The molecule has 6 heteroatoms. The molecule has 96 valence electrons. The second-order valence-corrected chi connectivity index (χ2v) is 4.36. The number of nitrogens with zero attached hydrogens (tertiary/aromatic N) is 3. The van der Waals surface area contributed by atoms with Gasteiger partial charge in [-0.25, -0.2) is 4.98 Å². The first kappa shape index (κ1) is 12.9. The van der Waals surface area contributed by atoms with Crippen LogP contribution >= 0.6 is 11.6 Å². The van der Waals surface area contributed by atoms with Crippen molar-refractivity contribution in [1.82, 2.24) is 14.8 Å². The third-order valence-electron chi connectivity index (χ3n) is 2.46. The Morgan fingerprint density at radius 3 is 3.00 bits per heavy atom. The molecule has 2 aromatic rings. The van der Waals surface area contributed by atoms with Crippen molar-refractivity contribution in [2.75, 3.05) is 6.61 Å². The maximum Gasteiger partial charge on any atom is 0.138 e. The Morgan fingerprint density at radius 1 is 1.50 bits per heavy atom. The Hall–Kier alpha value is -1.59. The minimum atomic E-state index is -0.633. The fourth-order valence-corrected chi connectivity index (χ4v) is 1.70. The number of hydrogen-bond acceptors (Lipinski definition) is 4. The molecule has 0 radical (unpaired) electrons. The van der Waals surface area contributed by atoms with E-state index in [9.17, 15) is 5.11 Å². The summed E-state index contributed by atoms with van der Waals surface area (Å²) in [5.41, 5.74) is 0. The van der Waals surface area contributed by atoms with Crippen molar-refractivity contribution in [2.24, 2.45) is 7.05 Å². The fourth-order valence-electron chi connectivity index (χ4n) is 1.52. The molecule has 1 N–H and O–H groups in total. The molecule has 2 rings (SSSR count). The minimum Gasteiger partial charge on any atom is -0.491 e. The lowest BCUT2D eigenvalue weighted by atomic mass is 10.2. The molecule has 0 saturated carbocycles. The average molecular weight is 268 g/mol. The van der Waals surface area contributed by atoms with Crippen LogP contribution in [-0.4, -0.2) is 32.6 Å². The molecule has 1 aromatic heterocycles. The van der Waals surface area contributed by atoms with Crippen molar-refractivity contribution in [3.8, 4) is 5.75 Å². The van der Waals surface area contributed by atoms with Gasteiger partial charge < -0.3 is 9.84 Å². The van der Waals surface area contributed by atoms with E-state index in [0.717, 1.165) is 5.82 Å². The van der Waals surface area contributed by atoms with Gasteiger partial charge in [0, 0.05) is 18.5 Å².